The van der Waals surface area contributed by atoms with Crippen molar-refractivity contribution in [1.82, 2.24) is 0 Å². The highest BCUT2D eigenvalue weighted by Crippen LogP contribution is 2.40. The van der Waals surface area contributed by atoms with Gasteiger partial charge in [0.1, 0.15) is 0 Å². The second-order valence-electron chi connectivity index (χ2n) is 5.40. The molecule has 0 saturated carbocycles. The van der Waals surface area contributed by atoms with Crippen molar-refractivity contribution in [2.75, 3.05) is 21.0 Å². The minimum Gasteiger partial charge on any atom is -0.493 e. The first-order valence-corrected chi connectivity index (χ1v) is 7.84. The van der Waals surface area contributed by atoms with Crippen LogP contribution in [0.15, 0.2) is 36.4 Å². The van der Waals surface area contributed by atoms with Gasteiger partial charge in [0.25, 0.3) is 0 Å². The van der Waals surface area contributed by atoms with Gasteiger partial charge in [0.05, 0.1) is 14.2 Å². The Kier molecular flexibility index (Phi) is 5.44. The van der Waals surface area contributed by atoms with E-state index in [-0.39, 0.29) is 29.8 Å². The zero-order chi connectivity index (χ0) is 19.4. The lowest BCUT2D eigenvalue weighted by Gasteiger charge is -2.14. The number of benzene rings is 2. The normalized spacial score (nSPS) is 12.5. The monoisotopic (exact) mass is 378 g/mol. The molecule has 0 atom stereocenters. The summed E-state index contributed by atoms with van der Waals surface area (Å²) in [5, 5.41) is 0. The van der Waals surface area contributed by atoms with Crippen LogP contribution in [0.5, 0.6) is 28.7 Å². The van der Waals surface area contributed by atoms with E-state index in [0.29, 0.717) is 22.6 Å². The predicted molar refractivity (Wildman–Crippen MR) is 92.1 cm³/mol. The third-order valence-electron chi connectivity index (χ3n) is 3.77. The van der Waals surface area contributed by atoms with Crippen LogP contribution in [0.25, 0.3) is 6.08 Å². The lowest BCUT2D eigenvalue weighted by molar-refractivity contribution is -0.0526. The number of allylic oxidation sites excluding steroid dienone is 1. The highest BCUT2D eigenvalue weighted by Gasteiger charge is 2.18. The SMILES string of the molecule is COc1cc(C=CC(=O)c2ccc3c(c2)OCO3)cc(OC)c1OC(F)F. The summed E-state index contributed by atoms with van der Waals surface area (Å²) in [4.78, 5) is 12.4. The lowest BCUT2D eigenvalue weighted by atomic mass is 10.1. The van der Waals surface area contributed by atoms with Gasteiger partial charge >= 0.3 is 6.61 Å². The Balaban J connectivity index is 1.84. The van der Waals surface area contributed by atoms with Gasteiger partial charge in [-0.3, -0.25) is 4.79 Å². The molecule has 0 amide bonds. The molecule has 0 aliphatic carbocycles. The number of hydrogen-bond acceptors (Lipinski definition) is 6. The fourth-order valence-corrected chi connectivity index (χ4v) is 2.52. The van der Waals surface area contributed by atoms with Gasteiger partial charge in [0.2, 0.25) is 12.5 Å². The number of halogens is 2. The first kappa shape index (κ1) is 18.5. The van der Waals surface area contributed by atoms with E-state index in [9.17, 15) is 13.6 Å². The number of ketones is 1. The Morgan fingerprint density at radius 2 is 1.74 bits per heavy atom. The first-order chi connectivity index (χ1) is 13.0. The molecule has 0 aromatic heterocycles. The summed E-state index contributed by atoms with van der Waals surface area (Å²) in [5.74, 6) is 0.730. The van der Waals surface area contributed by atoms with Crippen LogP contribution in [-0.2, 0) is 0 Å². The first-order valence-electron chi connectivity index (χ1n) is 7.84. The summed E-state index contributed by atoms with van der Waals surface area (Å²) in [6.07, 6.45) is 2.86. The molecule has 1 aliphatic heterocycles. The number of carbonyl (C=O) groups excluding carboxylic acids is 1. The van der Waals surface area contributed by atoms with Gasteiger partial charge in [-0.15, -0.1) is 0 Å². The van der Waals surface area contributed by atoms with Crippen molar-refractivity contribution < 1.29 is 37.3 Å². The number of methoxy groups -OCH3 is 2. The van der Waals surface area contributed by atoms with Gasteiger partial charge in [0, 0.05) is 5.56 Å². The highest BCUT2D eigenvalue weighted by atomic mass is 19.3. The number of hydrogen-bond donors (Lipinski definition) is 0. The smallest absolute Gasteiger partial charge is 0.387 e. The van der Waals surface area contributed by atoms with Crippen LogP contribution in [0.2, 0.25) is 0 Å². The quantitative estimate of drug-likeness (QED) is 0.537. The Morgan fingerprint density at radius 3 is 2.37 bits per heavy atom. The van der Waals surface area contributed by atoms with Crippen molar-refractivity contribution in [2.45, 2.75) is 6.61 Å². The van der Waals surface area contributed by atoms with E-state index in [1.54, 1.807) is 18.2 Å². The van der Waals surface area contributed by atoms with Gasteiger partial charge in [-0.05, 0) is 42.0 Å². The molecular formula is C19H16F2O6. The van der Waals surface area contributed by atoms with Crippen molar-refractivity contribution in [3.05, 3.63) is 47.5 Å². The molecule has 1 heterocycles. The Labute approximate surface area is 153 Å². The molecule has 0 N–H and O–H groups in total. The van der Waals surface area contributed by atoms with E-state index in [1.807, 2.05) is 0 Å². The molecule has 2 aromatic carbocycles. The van der Waals surface area contributed by atoms with Crippen LogP contribution in [0, 0.1) is 0 Å². The van der Waals surface area contributed by atoms with Crippen LogP contribution in [0.1, 0.15) is 15.9 Å². The van der Waals surface area contributed by atoms with E-state index in [1.165, 1.54) is 38.5 Å². The minimum atomic E-state index is -3.03. The summed E-state index contributed by atoms with van der Waals surface area (Å²) in [6.45, 7) is -2.91. The molecule has 0 bridgehead atoms. The molecule has 6 nitrogen and oxygen atoms in total. The van der Waals surface area contributed by atoms with Crippen LogP contribution in [0.3, 0.4) is 0 Å². The third-order valence-corrected chi connectivity index (χ3v) is 3.77. The predicted octanol–water partition coefficient (Wildman–Crippen LogP) is 3.93. The highest BCUT2D eigenvalue weighted by molar-refractivity contribution is 6.07. The molecule has 2 aromatic rings. The molecule has 27 heavy (non-hydrogen) atoms. The maximum atomic E-state index is 12.6. The van der Waals surface area contributed by atoms with Gasteiger partial charge in [-0.2, -0.15) is 8.78 Å². The second kappa shape index (κ2) is 7.94. The average Bonchev–Trinajstić information content (AvgIpc) is 3.13. The molecule has 1 aliphatic rings. The van der Waals surface area contributed by atoms with Crippen molar-refractivity contribution in [2.24, 2.45) is 0 Å². The summed E-state index contributed by atoms with van der Waals surface area (Å²) in [5.41, 5.74) is 0.937. The number of alkyl halides is 2. The van der Waals surface area contributed by atoms with E-state index in [4.69, 9.17) is 18.9 Å². The molecule has 0 spiro atoms. The third kappa shape index (κ3) is 4.11. The fraction of sp³-hybridized carbons (Fsp3) is 0.211. The largest absolute Gasteiger partial charge is 0.493 e. The molecule has 0 saturated heterocycles. The average molecular weight is 378 g/mol. The lowest BCUT2D eigenvalue weighted by Crippen LogP contribution is -2.05. The number of ether oxygens (including phenoxy) is 5. The topological polar surface area (TPSA) is 63.2 Å². The molecular weight excluding hydrogens is 362 g/mol. The van der Waals surface area contributed by atoms with E-state index < -0.39 is 6.61 Å². The van der Waals surface area contributed by atoms with E-state index >= 15 is 0 Å². The van der Waals surface area contributed by atoms with Crippen LogP contribution >= 0.6 is 0 Å². The van der Waals surface area contributed by atoms with Crippen LogP contribution < -0.4 is 23.7 Å². The number of fused-ring (bicyclic) bond motifs is 1. The maximum absolute atomic E-state index is 12.6. The Hall–Kier alpha value is -3.29. The summed E-state index contributed by atoms with van der Waals surface area (Å²) in [6, 6.07) is 7.80. The summed E-state index contributed by atoms with van der Waals surface area (Å²) >= 11 is 0. The number of carbonyl (C=O) groups is 1. The zero-order valence-corrected chi connectivity index (χ0v) is 14.5. The zero-order valence-electron chi connectivity index (χ0n) is 14.5. The molecule has 3 rings (SSSR count). The van der Waals surface area contributed by atoms with Gasteiger partial charge in [0.15, 0.2) is 28.8 Å². The second-order valence-corrected chi connectivity index (χ2v) is 5.40. The standard InChI is InChI=1S/C19H16F2O6/c1-23-16-7-11(8-17(24-2)18(16)27-19(20)21)3-5-13(22)12-4-6-14-15(9-12)26-10-25-14/h3-9,19H,10H2,1-2H3. The van der Waals surface area contributed by atoms with Crippen LogP contribution in [-0.4, -0.2) is 33.4 Å². The summed E-state index contributed by atoms with van der Waals surface area (Å²) in [7, 11) is 2.64. The minimum absolute atomic E-state index is 0.0600. The van der Waals surface area contributed by atoms with Gasteiger partial charge < -0.3 is 23.7 Å². The fourth-order valence-electron chi connectivity index (χ4n) is 2.52. The molecule has 0 unspecified atom stereocenters. The molecule has 0 fully saturated rings. The maximum Gasteiger partial charge on any atom is 0.387 e. The van der Waals surface area contributed by atoms with E-state index in [0.717, 1.165) is 0 Å². The van der Waals surface area contributed by atoms with Crippen molar-refractivity contribution in [3.63, 3.8) is 0 Å². The molecule has 8 heteroatoms. The van der Waals surface area contributed by atoms with Crippen LogP contribution in [0.4, 0.5) is 8.78 Å². The van der Waals surface area contributed by atoms with Gasteiger partial charge in [-0.25, -0.2) is 0 Å². The van der Waals surface area contributed by atoms with Gasteiger partial charge in [-0.1, -0.05) is 6.08 Å². The number of rotatable bonds is 7. The Morgan fingerprint density at radius 1 is 1.07 bits per heavy atom. The van der Waals surface area contributed by atoms with E-state index in [2.05, 4.69) is 4.74 Å². The Bertz CT molecular complexity index is 853. The molecule has 142 valence electrons. The summed E-state index contributed by atoms with van der Waals surface area (Å²) < 4.78 is 50.2. The van der Waals surface area contributed by atoms with Crippen molar-refractivity contribution >= 4 is 11.9 Å². The van der Waals surface area contributed by atoms with Crippen molar-refractivity contribution in [3.8, 4) is 28.7 Å². The molecule has 0 radical (unpaired) electrons. The van der Waals surface area contributed by atoms with Crippen molar-refractivity contribution in [1.29, 1.82) is 0 Å².